The molecule has 15 heavy (non-hydrogen) atoms. The molecule has 3 nitrogen and oxygen atoms in total. The van der Waals surface area contributed by atoms with Crippen molar-refractivity contribution in [3.63, 3.8) is 0 Å². The van der Waals surface area contributed by atoms with Crippen LogP contribution in [-0.4, -0.2) is 5.91 Å². The number of benzene rings is 2. The minimum atomic E-state index is -0.342. The lowest BCUT2D eigenvalue weighted by atomic mass is 10.0. The number of rotatable bonds is 2. The lowest BCUT2D eigenvalue weighted by Crippen LogP contribution is -2.14. The molecule has 0 fully saturated rings. The van der Waals surface area contributed by atoms with Gasteiger partial charge in [0.05, 0.1) is 6.42 Å². The molecule has 0 aliphatic carbocycles. The van der Waals surface area contributed by atoms with Crippen molar-refractivity contribution in [2.45, 2.75) is 6.42 Å². The zero-order valence-electron chi connectivity index (χ0n) is 8.23. The van der Waals surface area contributed by atoms with E-state index in [0.29, 0.717) is 5.69 Å². The van der Waals surface area contributed by atoms with Crippen LogP contribution < -0.4 is 11.5 Å². The van der Waals surface area contributed by atoms with Gasteiger partial charge in [0, 0.05) is 11.1 Å². The normalized spacial score (nSPS) is 10.4. The van der Waals surface area contributed by atoms with Crippen molar-refractivity contribution in [2.75, 3.05) is 5.73 Å². The predicted octanol–water partition coefficient (Wildman–Crippen LogP) is 1.45. The third kappa shape index (κ3) is 1.76. The fourth-order valence-corrected chi connectivity index (χ4v) is 1.78. The maximum atomic E-state index is 10.9. The van der Waals surface area contributed by atoms with Gasteiger partial charge in [-0.2, -0.15) is 0 Å². The summed E-state index contributed by atoms with van der Waals surface area (Å²) in [5, 5.41) is 1.97. The Kier molecular flexibility index (Phi) is 2.29. The molecule has 76 valence electrons. The average molecular weight is 200 g/mol. The summed E-state index contributed by atoms with van der Waals surface area (Å²) in [5.41, 5.74) is 12.6. The first-order valence-corrected chi connectivity index (χ1v) is 4.73. The molecule has 0 aromatic heterocycles. The quantitative estimate of drug-likeness (QED) is 0.720. The number of primary amides is 1. The van der Waals surface area contributed by atoms with E-state index in [-0.39, 0.29) is 12.3 Å². The van der Waals surface area contributed by atoms with Gasteiger partial charge >= 0.3 is 0 Å². The maximum Gasteiger partial charge on any atom is 0.221 e. The standard InChI is InChI=1S/C12H12N2O/c13-10-6-2-4-8-3-1-5-9(12(8)10)7-11(14)15/h1-6H,7,13H2,(H2,14,15). The van der Waals surface area contributed by atoms with Gasteiger partial charge in [-0.1, -0.05) is 30.3 Å². The third-order valence-corrected chi connectivity index (χ3v) is 2.39. The Morgan fingerprint density at radius 3 is 2.47 bits per heavy atom. The second kappa shape index (κ2) is 3.61. The molecule has 2 rings (SSSR count). The third-order valence-electron chi connectivity index (χ3n) is 2.39. The minimum absolute atomic E-state index is 0.228. The van der Waals surface area contributed by atoms with E-state index in [4.69, 9.17) is 11.5 Å². The highest BCUT2D eigenvalue weighted by molar-refractivity contribution is 5.97. The largest absolute Gasteiger partial charge is 0.398 e. The van der Waals surface area contributed by atoms with Crippen LogP contribution in [0.25, 0.3) is 10.8 Å². The zero-order chi connectivity index (χ0) is 10.8. The van der Waals surface area contributed by atoms with Gasteiger partial charge in [-0.3, -0.25) is 4.79 Å². The van der Waals surface area contributed by atoms with Crippen molar-refractivity contribution < 1.29 is 4.79 Å². The molecule has 0 spiro atoms. The van der Waals surface area contributed by atoms with Gasteiger partial charge in [-0.05, 0) is 17.0 Å². The smallest absolute Gasteiger partial charge is 0.221 e. The average Bonchev–Trinajstić information content (AvgIpc) is 2.17. The van der Waals surface area contributed by atoms with Crippen molar-refractivity contribution in [3.8, 4) is 0 Å². The summed E-state index contributed by atoms with van der Waals surface area (Å²) >= 11 is 0. The Morgan fingerprint density at radius 1 is 1.13 bits per heavy atom. The lowest BCUT2D eigenvalue weighted by Gasteiger charge is -2.07. The molecule has 2 aromatic rings. The lowest BCUT2D eigenvalue weighted by molar-refractivity contribution is -0.117. The topological polar surface area (TPSA) is 69.1 Å². The summed E-state index contributed by atoms with van der Waals surface area (Å²) in [4.78, 5) is 10.9. The van der Waals surface area contributed by atoms with Gasteiger partial charge < -0.3 is 11.5 Å². The molecule has 2 aromatic carbocycles. The summed E-state index contributed by atoms with van der Waals surface area (Å²) in [6.07, 6.45) is 0.228. The van der Waals surface area contributed by atoms with E-state index in [1.54, 1.807) is 0 Å². The van der Waals surface area contributed by atoms with Gasteiger partial charge in [0.25, 0.3) is 0 Å². The highest BCUT2D eigenvalue weighted by Gasteiger charge is 2.05. The van der Waals surface area contributed by atoms with Crippen LogP contribution in [0.1, 0.15) is 5.56 Å². The molecule has 0 aliphatic heterocycles. The molecule has 0 heterocycles. The second-order valence-electron chi connectivity index (χ2n) is 3.51. The van der Waals surface area contributed by atoms with E-state index in [0.717, 1.165) is 16.3 Å². The van der Waals surface area contributed by atoms with Crippen LogP contribution in [0.15, 0.2) is 36.4 Å². The number of carbonyl (C=O) groups is 1. The first kappa shape index (κ1) is 9.52. The second-order valence-corrected chi connectivity index (χ2v) is 3.51. The molecular weight excluding hydrogens is 188 g/mol. The van der Waals surface area contributed by atoms with E-state index >= 15 is 0 Å². The van der Waals surface area contributed by atoms with Gasteiger partial charge in [0.15, 0.2) is 0 Å². The first-order chi connectivity index (χ1) is 7.18. The molecule has 0 unspecified atom stereocenters. The van der Waals surface area contributed by atoms with Crippen LogP contribution in [0.4, 0.5) is 5.69 Å². The SMILES string of the molecule is NC(=O)Cc1cccc2cccc(N)c12. The Hall–Kier alpha value is -2.03. The Balaban J connectivity index is 2.68. The number of carbonyl (C=O) groups excluding carboxylic acids is 1. The monoisotopic (exact) mass is 200 g/mol. The highest BCUT2D eigenvalue weighted by Crippen LogP contribution is 2.24. The number of amides is 1. The van der Waals surface area contributed by atoms with Crippen molar-refractivity contribution in [1.29, 1.82) is 0 Å². The fourth-order valence-electron chi connectivity index (χ4n) is 1.78. The maximum absolute atomic E-state index is 10.9. The van der Waals surface area contributed by atoms with E-state index in [1.807, 2.05) is 36.4 Å². The number of nitrogen functional groups attached to an aromatic ring is 1. The number of fused-ring (bicyclic) bond motifs is 1. The van der Waals surface area contributed by atoms with Crippen molar-refractivity contribution in [2.24, 2.45) is 5.73 Å². The molecule has 0 saturated heterocycles. The number of anilines is 1. The van der Waals surface area contributed by atoms with E-state index in [2.05, 4.69) is 0 Å². The number of hydrogen-bond donors (Lipinski definition) is 2. The van der Waals surface area contributed by atoms with Gasteiger partial charge in [0.1, 0.15) is 0 Å². The molecule has 0 atom stereocenters. The van der Waals surface area contributed by atoms with Crippen LogP contribution in [0.2, 0.25) is 0 Å². The summed E-state index contributed by atoms with van der Waals surface area (Å²) in [5.74, 6) is -0.342. The molecule has 0 saturated carbocycles. The Morgan fingerprint density at radius 2 is 1.80 bits per heavy atom. The van der Waals surface area contributed by atoms with E-state index < -0.39 is 0 Å². The molecule has 0 aliphatic rings. The number of hydrogen-bond acceptors (Lipinski definition) is 2. The van der Waals surface area contributed by atoms with Crippen LogP contribution in [0.5, 0.6) is 0 Å². The van der Waals surface area contributed by atoms with E-state index in [1.165, 1.54) is 0 Å². The zero-order valence-corrected chi connectivity index (χ0v) is 8.23. The Labute approximate surface area is 87.7 Å². The molecule has 3 heteroatoms. The van der Waals surface area contributed by atoms with Crippen LogP contribution >= 0.6 is 0 Å². The molecule has 4 N–H and O–H groups in total. The first-order valence-electron chi connectivity index (χ1n) is 4.73. The summed E-state index contributed by atoms with van der Waals surface area (Å²) < 4.78 is 0. The molecule has 0 radical (unpaired) electrons. The predicted molar refractivity (Wildman–Crippen MR) is 61.3 cm³/mol. The number of nitrogens with two attached hydrogens (primary N) is 2. The van der Waals surface area contributed by atoms with E-state index in [9.17, 15) is 4.79 Å². The summed E-state index contributed by atoms with van der Waals surface area (Å²) in [6.45, 7) is 0. The fraction of sp³-hybridized carbons (Fsp3) is 0.0833. The van der Waals surface area contributed by atoms with Gasteiger partial charge in [-0.15, -0.1) is 0 Å². The summed E-state index contributed by atoms with van der Waals surface area (Å²) in [7, 11) is 0. The van der Waals surface area contributed by atoms with Crippen LogP contribution in [-0.2, 0) is 11.2 Å². The van der Waals surface area contributed by atoms with Gasteiger partial charge in [0.2, 0.25) is 5.91 Å². The molecular formula is C12H12N2O. The molecule has 1 amide bonds. The summed E-state index contributed by atoms with van der Waals surface area (Å²) in [6, 6.07) is 11.4. The minimum Gasteiger partial charge on any atom is -0.398 e. The Bertz CT molecular complexity index is 515. The highest BCUT2D eigenvalue weighted by atomic mass is 16.1. The van der Waals surface area contributed by atoms with Gasteiger partial charge in [-0.25, -0.2) is 0 Å². The molecule has 0 bridgehead atoms. The van der Waals surface area contributed by atoms with Crippen molar-refractivity contribution >= 4 is 22.4 Å². The van der Waals surface area contributed by atoms with Crippen molar-refractivity contribution in [1.82, 2.24) is 0 Å². The van der Waals surface area contributed by atoms with Crippen LogP contribution in [0, 0.1) is 0 Å². The van der Waals surface area contributed by atoms with Crippen molar-refractivity contribution in [3.05, 3.63) is 42.0 Å². The van der Waals surface area contributed by atoms with Crippen LogP contribution in [0.3, 0.4) is 0 Å².